The summed E-state index contributed by atoms with van der Waals surface area (Å²) in [6.07, 6.45) is 1.28. The Hall–Kier alpha value is -1.80. The summed E-state index contributed by atoms with van der Waals surface area (Å²) in [7, 11) is 1.65. The van der Waals surface area contributed by atoms with Crippen LogP contribution in [0.2, 0.25) is 0 Å². The van der Waals surface area contributed by atoms with Crippen LogP contribution in [0.1, 0.15) is 18.1 Å². The van der Waals surface area contributed by atoms with Crippen LogP contribution in [0.5, 0.6) is 5.75 Å². The predicted octanol–water partition coefficient (Wildman–Crippen LogP) is 3.23. The lowest BCUT2D eigenvalue weighted by atomic mass is 9.90. The second kappa shape index (κ2) is 5.89. The molecule has 0 spiro atoms. The zero-order valence-electron chi connectivity index (χ0n) is 11.5. The van der Waals surface area contributed by atoms with Crippen LogP contribution < -0.4 is 4.74 Å². The summed E-state index contributed by atoms with van der Waals surface area (Å²) in [6.45, 7) is 1.88. The topological polar surface area (TPSA) is 29.5 Å². The van der Waals surface area contributed by atoms with Crippen LogP contribution in [-0.2, 0) is 12.8 Å². The average molecular weight is 256 g/mol. The van der Waals surface area contributed by atoms with E-state index in [1.54, 1.807) is 7.11 Å². The van der Waals surface area contributed by atoms with E-state index in [1.807, 2.05) is 61.5 Å². The molecule has 0 saturated heterocycles. The molecule has 1 atom stereocenters. The molecule has 100 valence electrons. The van der Waals surface area contributed by atoms with Gasteiger partial charge in [-0.3, -0.25) is 0 Å². The number of rotatable bonds is 5. The Morgan fingerprint density at radius 1 is 0.895 bits per heavy atom. The summed E-state index contributed by atoms with van der Waals surface area (Å²) in [4.78, 5) is 0. The van der Waals surface area contributed by atoms with Crippen LogP contribution >= 0.6 is 0 Å². The van der Waals surface area contributed by atoms with E-state index in [0.717, 1.165) is 16.9 Å². The molecule has 2 nitrogen and oxygen atoms in total. The molecule has 0 fully saturated rings. The number of benzene rings is 2. The number of aliphatic hydroxyl groups is 1. The van der Waals surface area contributed by atoms with Gasteiger partial charge in [0.25, 0.3) is 0 Å². The van der Waals surface area contributed by atoms with Crippen molar-refractivity contribution in [1.29, 1.82) is 0 Å². The lowest BCUT2D eigenvalue weighted by Crippen LogP contribution is -2.30. The van der Waals surface area contributed by atoms with Crippen molar-refractivity contribution >= 4 is 0 Å². The molecule has 0 bridgehead atoms. The number of hydrogen-bond acceptors (Lipinski definition) is 2. The molecule has 0 aliphatic rings. The van der Waals surface area contributed by atoms with Gasteiger partial charge in [-0.25, -0.2) is 0 Å². The maximum atomic E-state index is 10.5. The second-order valence-corrected chi connectivity index (χ2v) is 5.18. The summed E-state index contributed by atoms with van der Waals surface area (Å²) in [5, 5.41) is 10.5. The van der Waals surface area contributed by atoms with Crippen LogP contribution in [-0.4, -0.2) is 17.8 Å². The van der Waals surface area contributed by atoms with Crippen LogP contribution in [0.25, 0.3) is 0 Å². The van der Waals surface area contributed by atoms with Crippen molar-refractivity contribution in [2.45, 2.75) is 25.4 Å². The summed E-state index contributed by atoms with van der Waals surface area (Å²) in [5.41, 5.74) is 1.53. The van der Waals surface area contributed by atoms with Crippen LogP contribution in [0.15, 0.2) is 54.6 Å². The maximum absolute atomic E-state index is 10.5. The molecule has 0 aromatic heterocycles. The molecular weight excluding hydrogens is 236 g/mol. The smallest absolute Gasteiger partial charge is 0.118 e. The molecule has 2 aromatic carbocycles. The van der Waals surface area contributed by atoms with Gasteiger partial charge in [-0.05, 0) is 30.2 Å². The van der Waals surface area contributed by atoms with Crippen molar-refractivity contribution in [3.05, 3.63) is 65.7 Å². The van der Waals surface area contributed by atoms with Crippen molar-refractivity contribution in [1.82, 2.24) is 0 Å². The van der Waals surface area contributed by atoms with Crippen molar-refractivity contribution in [2.24, 2.45) is 0 Å². The molecule has 1 N–H and O–H groups in total. The molecular formula is C17H20O2. The first kappa shape index (κ1) is 13.6. The summed E-state index contributed by atoms with van der Waals surface area (Å²) >= 11 is 0. The van der Waals surface area contributed by atoms with Gasteiger partial charge in [0.1, 0.15) is 5.75 Å². The summed E-state index contributed by atoms with van der Waals surface area (Å²) in [6, 6.07) is 17.9. The molecule has 0 saturated carbocycles. The SMILES string of the molecule is COc1ccc(CC(C)(O)Cc2ccccc2)cc1. The van der Waals surface area contributed by atoms with Gasteiger partial charge in [0.15, 0.2) is 0 Å². The quantitative estimate of drug-likeness (QED) is 0.890. The van der Waals surface area contributed by atoms with Gasteiger partial charge in [0.05, 0.1) is 12.7 Å². The Kier molecular flexibility index (Phi) is 4.23. The fourth-order valence-electron chi connectivity index (χ4n) is 2.28. The van der Waals surface area contributed by atoms with E-state index in [4.69, 9.17) is 4.74 Å². The summed E-state index contributed by atoms with van der Waals surface area (Å²) < 4.78 is 5.13. The summed E-state index contributed by atoms with van der Waals surface area (Å²) in [5.74, 6) is 0.839. The number of methoxy groups -OCH3 is 1. The molecule has 19 heavy (non-hydrogen) atoms. The van der Waals surface area contributed by atoms with Gasteiger partial charge in [0, 0.05) is 12.8 Å². The monoisotopic (exact) mass is 256 g/mol. The van der Waals surface area contributed by atoms with Crippen LogP contribution in [0.3, 0.4) is 0 Å². The maximum Gasteiger partial charge on any atom is 0.118 e. The Bertz CT molecular complexity index is 501. The van der Waals surface area contributed by atoms with E-state index >= 15 is 0 Å². The van der Waals surface area contributed by atoms with Gasteiger partial charge in [-0.15, -0.1) is 0 Å². The number of ether oxygens (including phenoxy) is 1. The fourth-order valence-corrected chi connectivity index (χ4v) is 2.28. The Morgan fingerprint density at radius 2 is 1.42 bits per heavy atom. The average Bonchev–Trinajstić information content (AvgIpc) is 2.39. The Morgan fingerprint density at radius 3 is 1.95 bits per heavy atom. The van der Waals surface area contributed by atoms with Gasteiger partial charge < -0.3 is 9.84 Å². The molecule has 2 aromatic rings. The molecule has 0 aliphatic heterocycles. The number of hydrogen-bond donors (Lipinski definition) is 1. The van der Waals surface area contributed by atoms with Crippen LogP contribution in [0, 0.1) is 0 Å². The second-order valence-electron chi connectivity index (χ2n) is 5.18. The molecule has 0 radical (unpaired) electrons. The van der Waals surface area contributed by atoms with Crippen molar-refractivity contribution in [3.8, 4) is 5.75 Å². The highest BCUT2D eigenvalue weighted by atomic mass is 16.5. The van der Waals surface area contributed by atoms with Crippen molar-refractivity contribution in [2.75, 3.05) is 7.11 Å². The van der Waals surface area contributed by atoms with Gasteiger partial charge in [0.2, 0.25) is 0 Å². The zero-order valence-corrected chi connectivity index (χ0v) is 11.5. The third-order valence-corrected chi connectivity index (χ3v) is 3.17. The normalized spacial score (nSPS) is 13.8. The highest BCUT2D eigenvalue weighted by Crippen LogP contribution is 2.20. The van der Waals surface area contributed by atoms with Gasteiger partial charge >= 0.3 is 0 Å². The Labute approximate surface area is 114 Å². The Balaban J connectivity index is 2.03. The standard InChI is InChI=1S/C17H20O2/c1-17(18,12-14-6-4-3-5-7-14)13-15-8-10-16(19-2)11-9-15/h3-11,18H,12-13H2,1-2H3. The largest absolute Gasteiger partial charge is 0.497 e. The minimum atomic E-state index is -0.740. The fraction of sp³-hybridized carbons (Fsp3) is 0.294. The first-order chi connectivity index (χ1) is 9.09. The predicted molar refractivity (Wildman–Crippen MR) is 77.5 cm³/mol. The van der Waals surface area contributed by atoms with Gasteiger partial charge in [-0.1, -0.05) is 42.5 Å². The van der Waals surface area contributed by atoms with E-state index in [0.29, 0.717) is 12.8 Å². The lowest BCUT2D eigenvalue weighted by molar-refractivity contribution is 0.0608. The molecule has 0 heterocycles. The van der Waals surface area contributed by atoms with Gasteiger partial charge in [-0.2, -0.15) is 0 Å². The van der Waals surface area contributed by atoms with E-state index in [1.165, 1.54) is 0 Å². The van der Waals surface area contributed by atoms with Crippen molar-refractivity contribution < 1.29 is 9.84 Å². The van der Waals surface area contributed by atoms with E-state index in [2.05, 4.69) is 0 Å². The van der Waals surface area contributed by atoms with E-state index < -0.39 is 5.60 Å². The first-order valence-electron chi connectivity index (χ1n) is 6.48. The highest BCUT2D eigenvalue weighted by molar-refractivity contribution is 5.28. The zero-order chi connectivity index (χ0) is 13.7. The van der Waals surface area contributed by atoms with Crippen molar-refractivity contribution in [3.63, 3.8) is 0 Å². The minimum Gasteiger partial charge on any atom is -0.497 e. The molecule has 2 rings (SSSR count). The third-order valence-electron chi connectivity index (χ3n) is 3.17. The molecule has 2 heteroatoms. The third kappa shape index (κ3) is 4.11. The van der Waals surface area contributed by atoms with E-state index in [-0.39, 0.29) is 0 Å². The van der Waals surface area contributed by atoms with E-state index in [9.17, 15) is 5.11 Å². The molecule has 1 unspecified atom stereocenters. The molecule has 0 amide bonds. The molecule has 0 aliphatic carbocycles. The highest BCUT2D eigenvalue weighted by Gasteiger charge is 2.21. The minimum absolute atomic E-state index is 0.631. The lowest BCUT2D eigenvalue weighted by Gasteiger charge is -2.23. The first-order valence-corrected chi connectivity index (χ1v) is 6.48. The van der Waals surface area contributed by atoms with Crippen LogP contribution in [0.4, 0.5) is 0 Å².